The number of benzene rings is 2. The highest BCUT2D eigenvalue weighted by Gasteiger charge is 2.29. The van der Waals surface area contributed by atoms with Crippen LogP contribution in [0.2, 0.25) is 0 Å². The van der Waals surface area contributed by atoms with E-state index in [4.69, 9.17) is 22.7 Å². The first-order chi connectivity index (χ1) is 12.6. The lowest BCUT2D eigenvalue weighted by Gasteiger charge is -2.36. The van der Waals surface area contributed by atoms with Gasteiger partial charge in [0.05, 0.1) is 5.04 Å². The quantitative estimate of drug-likeness (QED) is 0.668. The molecule has 1 unspecified atom stereocenters. The molecule has 0 saturated carbocycles. The molecule has 2 aromatic rings. The Hall–Kier alpha value is -2.31. The molecule has 2 aromatic carbocycles. The van der Waals surface area contributed by atoms with Crippen molar-refractivity contribution in [3.8, 4) is 11.5 Å². The van der Waals surface area contributed by atoms with Crippen LogP contribution in [0.4, 0.5) is 0 Å². The fourth-order valence-electron chi connectivity index (χ4n) is 2.92. The molecule has 136 valence electrons. The summed E-state index contributed by atoms with van der Waals surface area (Å²) >= 11 is 5.11. The van der Waals surface area contributed by atoms with Crippen molar-refractivity contribution in [1.82, 2.24) is 4.72 Å². The number of nitrogens with two attached hydrogens (primary N) is 1. The number of thiocarbonyl (C=S) groups is 1. The zero-order valence-corrected chi connectivity index (χ0v) is 16.4. The van der Waals surface area contributed by atoms with Gasteiger partial charge in [0.15, 0.2) is 5.11 Å². The minimum absolute atomic E-state index is 0.328. The van der Waals surface area contributed by atoms with Gasteiger partial charge in [-0.05, 0) is 60.3 Å². The van der Waals surface area contributed by atoms with Crippen LogP contribution in [0.15, 0.2) is 71.2 Å². The smallest absolute Gasteiger partial charge is 0.173 e. The largest absolute Gasteiger partial charge is 0.457 e. The Bertz CT molecular complexity index is 836. The minimum atomic E-state index is -1.41. The number of para-hydroxylation sites is 1. The summed E-state index contributed by atoms with van der Waals surface area (Å²) < 4.78 is 9.26. The lowest BCUT2D eigenvalue weighted by Crippen LogP contribution is -2.36. The molecule has 0 bridgehead atoms. The van der Waals surface area contributed by atoms with Crippen LogP contribution in [0.3, 0.4) is 0 Å². The van der Waals surface area contributed by atoms with E-state index in [9.17, 15) is 0 Å². The van der Waals surface area contributed by atoms with Crippen LogP contribution in [-0.2, 0) is 6.42 Å². The Morgan fingerprint density at radius 3 is 2.65 bits per heavy atom. The van der Waals surface area contributed by atoms with E-state index < -0.39 is 10.2 Å². The highest BCUT2D eigenvalue weighted by atomic mass is 32.3. The summed E-state index contributed by atoms with van der Waals surface area (Å²) in [5.74, 6) is 2.58. The standard InChI is InChI=1S/C20H23N3OS2/c1-2-19-22-12-14-26(19,23-20(21)25)13-11-16-7-6-10-18(15-16)24-17-8-4-3-5-9-17/h3-10,12,14-15H,2,11,13H2,1H3,(H3,21,23,25). The average molecular weight is 386 g/mol. The first-order valence-electron chi connectivity index (χ1n) is 8.55. The first-order valence-corrected chi connectivity index (χ1v) is 10.8. The summed E-state index contributed by atoms with van der Waals surface area (Å²) in [4.78, 5) is 4.52. The van der Waals surface area contributed by atoms with E-state index in [-0.39, 0.29) is 0 Å². The molecule has 0 saturated heterocycles. The van der Waals surface area contributed by atoms with Gasteiger partial charge in [-0.3, -0.25) is 4.99 Å². The van der Waals surface area contributed by atoms with Crippen molar-refractivity contribution in [3.05, 3.63) is 71.8 Å². The molecule has 0 radical (unpaired) electrons. The van der Waals surface area contributed by atoms with Crippen molar-refractivity contribution in [2.75, 3.05) is 5.75 Å². The maximum absolute atomic E-state index is 5.94. The lowest BCUT2D eigenvalue weighted by molar-refractivity contribution is 0.482. The van der Waals surface area contributed by atoms with Crippen LogP contribution >= 0.6 is 22.4 Å². The fourth-order valence-corrected chi connectivity index (χ4v) is 6.13. The number of rotatable bonds is 7. The van der Waals surface area contributed by atoms with Gasteiger partial charge in [-0.15, -0.1) is 10.2 Å². The minimum Gasteiger partial charge on any atom is -0.457 e. The number of nitrogens with one attached hydrogen (secondary N) is 1. The van der Waals surface area contributed by atoms with Crippen LogP contribution in [0.1, 0.15) is 18.9 Å². The first kappa shape index (κ1) is 18.5. The molecule has 0 aromatic heterocycles. The number of ether oxygens (including phenoxy) is 1. The molecule has 0 spiro atoms. The number of hydrogen-bond donors (Lipinski definition) is 2. The van der Waals surface area contributed by atoms with Crippen molar-refractivity contribution in [1.29, 1.82) is 0 Å². The molecular weight excluding hydrogens is 362 g/mol. The number of nitrogens with zero attached hydrogens (tertiary/aromatic N) is 1. The van der Waals surface area contributed by atoms with Crippen LogP contribution in [0.5, 0.6) is 11.5 Å². The van der Waals surface area contributed by atoms with Gasteiger partial charge in [-0.1, -0.05) is 37.3 Å². The zero-order chi connectivity index (χ0) is 18.4. The molecule has 3 N–H and O–H groups in total. The molecule has 1 aliphatic rings. The molecule has 3 rings (SSSR count). The zero-order valence-electron chi connectivity index (χ0n) is 14.7. The van der Waals surface area contributed by atoms with E-state index in [1.54, 1.807) is 0 Å². The van der Waals surface area contributed by atoms with E-state index in [0.29, 0.717) is 5.11 Å². The van der Waals surface area contributed by atoms with Gasteiger partial charge in [0.1, 0.15) is 11.5 Å². The van der Waals surface area contributed by atoms with Crippen molar-refractivity contribution >= 4 is 32.6 Å². The topological polar surface area (TPSA) is 59.6 Å². The molecule has 0 amide bonds. The number of aliphatic imine (C=N–C) groups is 1. The Labute approximate surface area is 161 Å². The Morgan fingerprint density at radius 1 is 1.15 bits per heavy atom. The highest BCUT2D eigenvalue weighted by molar-refractivity contribution is 8.46. The van der Waals surface area contributed by atoms with Gasteiger partial charge in [0, 0.05) is 12.0 Å². The predicted octanol–water partition coefficient (Wildman–Crippen LogP) is 4.87. The SMILES string of the molecule is CCC1=NC=CS1(CCc1cccc(Oc2ccccc2)c1)NC(N)=S. The van der Waals surface area contributed by atoms with Crippen LogP contribution in [-0.4, -0.2) is 15.9 Å². The molecule has 26 heavy (non-hydrogen) atoms. The van der Waals surface area contributed by atoms with E-state index >= 15 is 0 Å². The van der Waals surface area contributed by atoms with E-state index in [0.717, 1.165) is 35.1 Å². The normalized spacial score (nSPS) is 20.9. The second-order valence-electron chi connectivity index (χ2n) is 5.94. The second kappa shape index (κ2) is 8.38. The Morgan fingerprint density at radius 2 is 1.92 bits per heavy atom. The Kier molecular flexibility index (Phi) is 5.96. The third-order valence-electron chi connectivity index (χ3n) is 4.11. The van der Waals surface area contributed by atoms with E-state index in [1.807, 2.05) is 48.7 Å². The molecule has 1 aliphatic heterocycles. The summed E-state index contributed by atoms with van der Waals surface area (Å²) in [6.07, 6.45) is 3.64. The van der Waals surface area contributed by atoms with Gasteiger partial charge in [-0.25, -0.2) is 0 Å². The van der Waals surface area contributed by atoms with E-state index in [2.05, 4.69) is 34.2 Å². The third kappa shape index (κ3) is 4.45. The summed E-state index contributed by atoms with van der Waals surface area (Å²) in [6.45, 7) is 2.11. The van der Waals surface area contributed by atoms with Crippen molar-refractivity contribution in [2.24, 2.45) is 10.7 Å². The molecule has 1 heterocycles. The fraction of sp³-hybridized carbons (Fsp3) is 0.200. The Balaban J connectivity index is 1.72. The predicted molar refractivity (Wildman–Crippen MR) is 116 cm³/mol. The summed E-state index contributed by atoms with van der Waals surface area (Å²) in [5.41, 5.74) is 7.00. The lowest BCUT2D eigenvalue weighted by atomic mass is 10.2. The number of aryl methyl sites for hydroxylation is 1. The molecule has 6 heteroatoms. The van der Waals surface area contributed by atoms with Gasteiger partial charge < -0.3 is 15.2 Å². The molecular formula is C20H23N3OS2. The van der Waals surface area contributed by atoms with Crippen molar-refractivity contribution < 1.29 is 4.74 Å². The summed E-state index contributed by atoms with van der Waals surface area (Å²) in [5, 5.41) is 3.60. The molecule has 0 aliphatic carbocycles. The van der Waals surface area contributed by atoms with Gasteiger partial charge >= 0.3 is 0 Å². The van der Waals surface area contributed by atoms with Crippen LogP contribution in [0.25, 0.3) is 0 Å². The van der Waals surface area contributed by atoms with Gasteiger partial charge in [0.2, 0.25) is 0 Å². The third-order valence-corrected chi connectivity index (χ3v) is 7.59. The molecule has 0 fully saturated rings. The van der Waals surface area contributed by atoms with E-state index in [1.165, 1.54) is 5.56 Å². The molecule has 4 nitrogen and oxygen atoms in total. The number of hydrogen-bond acceptors (Lipinski definition) is 3. The maximum atomic E-state index is 5.94. The highest BCUT2D eigenvalue weighted by Crippen LogP contribution is 2.51. The maximum Gasteiger partial charge on any atom is 0.173 e. The summed E-state index contributed by atoms with van der Waals surface area (Å²) in [6, 6.07) is 18.0. The average Bonchev–Trinajstić information content (AvgIpc) is 3.03. The van der Waals surface area contributed by atoms with Crippen molar-refractivity contribution in [3.63, 3.8) is 0 Å². The summed E-state index contributed by atoms with van der Waals surface area (Å²) in [7, 11) is -1.41. The monoisotopic (exact) mass is 385 g/mol. The molecule has 1 atom stereocenters. The van der Waals surface area contributed by atoms with Gasteiger partial charge in [-0.2, -0.15) is 0 Å². The van der Waals surface area contributed by atoms with Gasteiger partial charge in [0.25, 0.3) is 0 Å². The van der Waals surface area contributed by atoms with Crippen LogP contribution in [0, 0.1) is 0 Å². The van der Waals surface area contributed by atoms with Crippen molar-refractivity contribution in [2.45, 2.75) is 19.8 Å². The van der Waals surface area contributed by atoms with Crippen LogP contribution < -0.4 is 15.2 Å². The second-order valence-corrected chi connectivity index (χ2v) is 9.32.